The maximum atomic E-state index is 10.9. The van der Waals surface area contributed by atoms with Gasteiger partial charge in [-0.2, -0.15) is 0 Å². The zero-order valence-corrected chi connectivity index (χ0v) is 10.5. The van der Waals surface area contributed by atoms with Gasteiger partial charge in [0.15, 0.2) is 0 Å². The second-order valence-corrected chi connectivity index (χ2v) is 4.85. The summed E-state index contributed by atoms with van der Waals surface area (Å²) in [4.78, 5) is 22.1. The molecule has 4 nitrogen and oxygen atoms in total. The largest absolute Gasteiger partial charge is 0.306 e. The molecular formula is C13H19N3O. The van der Waals surface area contributed by atoms with Crippen molar-refractivity contribution in [1.29, 1.82) is 0 Å². The highest BCUT2D eigenvalue weighted by molar-refractivity contribution is 5.75. The van der Waals surface area contributed by atoms with Crippen LogP contribution >= 0.6 is 0 Å². The van der Waals surface area contributed by atoms with Gasteiger partial charge in [0.25, 0.3) is 0 Å². The van der Waals surface area contributed by atoms with E-state index in [1.54, 1.807) is 6.92 Å². The van der Waals surface area contributed by atoms with Crippen LogP contribution in [-0.4, -0.2) is 40.8 Å². The van der Waals surface area contributed by atoms with Crippen LogP contribution in [0.15, 0.2) is 12.3 Å². The van der Waals surface area contributed by atoms with E-state index in [-0.39, 0.29) is 5.78 Å². The summed E-state index contributed by atoms with van der Waals surface area (Å²) in [5.41, 5.74) is 1.13. The minimum absolute atomic E-state index is 0.194. The van der Waals surface area contributed by atoms with Crippen LogP contribution in [0.2, 0.25) is 0 Å². The van der Waals surface area contributed by atoms with Crippen molar-refractivity contribution in [2.24, 2.45) is 0 Å². The maximum Gasteiger partial charge on any atom is 0.130 e. The second-order valence-electron chi connectivity index (χ2n) is 4.85. The summed E-state index contributed by atoms with van der Waals surface area (Å²) < 4.78 is 0. The van der Waals surface area contributed by atoms with Gasteiger partial charge in [-0.1, -0.05) is 0 Å². The number of likely N-dealkylation sites (tertiary alicyclic amines) is 1. The molecular weight excluding hydrogens is 214 g/mol. The highest BCUT2D eigenvalue weighted by atomic mass is 16.1. The molecule has 0 spiro atoms. The van der Waals surface area contributed by atoms with Crippen molar-refractivity contribution in [2.45, 2.75) is 32.1 Å². The first-order valence-electron chi connectivity index (χ1n) is 6.15. The third kappa shape index (κ3) is 3.33. The van der Waals surface area contributed by atoms with Crippen LogP contribution in [0, 0.1) is 0 Å². The SMILES string of the molecule is CC(=O)CCc1nccc(C2CCN(C)C2)n1. The van der Waals surface area contributed by atoms with Gasteiger partial charge in [0.05, 0.1) is 0 Å². The Balaban J connectivity index is 2.03. The Morgan fingerprint density at radius 1 is 1.59 bits per heavy atom. The number of carbonyl (C=O) groups is 1. The Labute approximate surface area is 102 Å². The minimum Gasteiger partial charge on any atom is -0.306 e. The summed E-state index contributed by atoms with van der Waals surface area (Å²) in [5.74, 6) is 1.52. The fraction of sp³-hybridized carbons (Fsp3) is 0.615. The molecule has 1 aliphatic rings. The summed E-state index contributed by atoms with van der Waals surface area (Å²) >= 11 is 0. The number of rotatable bonds is 4. The topological polar surface area (TPSA) is 46.1 Å². The smallest absolute Gasteiger partial charge is 0.130 e. The number of hydrogen-bond acceptors (Lipinski definition) is 4. The fourth-order valence-corrected chi connectivity index (χ4v) is 2.23. The third-order valence-electron chi connectivity index (χ3n) is 3.24. The second kappa shape index (κ2) is 5.36. The molecule has 17 heavy (non-hydrogen) atoms. The van der Waals surface area contributed by atoms with Gasteiger partial charge in [-0.3, -0.25) is 0 Å². The molecule has 4 heteroatoms. The summed E-state index contributed by atoms with van der Waals surface area (Å²) in [6, 6.07) is 2.00. The molecule has 1 saturated heterocycles. The van der Waals surface area contributed by atoms with Gasteiger partial charge in [-0.05, 0) is 33.0 Å². The highest BCUT2D eigenvalue weighted by Gasteiger charge is 2.22. The Bertz CT molecular complexity index is 405. The molecule has 2 rings (SSSR count). The summed E-state index contributed by atoms with van der Waals surface area (Å²) in [5, 5.41) is 0. The van der Waals surface area contributed by atoms with E-state index in [1.807, 2.05) is 12.3 Å². The van der Waals surface area contributed by atoms with Gasteiger partial charge in [0.2, 0.25) is 0 Å². The maximum absolute atomic E-state index is 10.9. The molecule has 92 valence electrons. The number of aryl methyl sites for hydroxylation is 1. The van der Waals surface area contributed by atoms with Gasteiger partial charge in [-0.25, -0.2) is 9.97 Å². The first-order chi connectivity index (χ1) is 8.15. The normalized spacial score (nSPS) is 20.7. The fourth-order valence-electron chi connectivity index (χ4n) is 2.23. The predicted molar refractivity (Wildman–Crippen MR) is 65.9 cm³/mol. The van der Waals surface area contributed by atoms with Crippen LogP contribution < -0.4 is 0 Å². The number of hydrogen-bond donors (Lipinski definition) is 0. The molecule has 1 unspecified atom stereocenters. The standard InChI is InChI=1S/C13H19N3O/c1-10(17)3-4-13-14-7-5-12(15-13)11-6-8-16(2)9-11/h5,7,11H,3-4,6,8-9H2,1-2H3. The van der Waals surface area contributed by atoms with E-state index in [9.17, 15) is 4.79 Å². The summed E-state index contributed by atoms with van der Waals surface area (Å²) in [7, 11) is 2.14. The number of aromatic nitrogens is 2. The minimum atomic E-state index is 0.194. The number of likely N-dealkylation sites (N-methyl/N-ethyl adjacent to an activating group) is 1. The molecule has 1 aromatic rings. The van der Waals surface area contributed by atoms with Crippen molar-refractivity contribution < 1.29 is 4.79 Å². The Morgan fingerprint density at radius 2 is 2.41 bits per heavy atom. The van der Waals surface area contributed by atoms with Crippen molar-refractivity contribution in [1.82, 2.24) is 14.9 Å². The van der Waals surface area contributed by atoms with Crippen LogP contribution in [-0.2, 0) is 11.2 Å². The lowest BCUT2D eigenvalue weighted by Gasteiger charge is -2.10. The van der Waals surface area contributed by atoms with Crippen molar-refractivity contribution >= 4 is 5.78 Å². The molecule has 0 saturated carbocycles. The van der Waals surface area contributed by atoms with Gasteiger partial charge in [-0.15, -0.1) is 0 Å². The van der Waals surface area contributed by atoms with E-state index in [4.69, 9.17) is 0 Å². The van der Waals surface area contributed by atoms with Gasteiger partial charge >= 0.3 is 0 Å². The Morgan fingerprint density at radius 3 is 3.06 bits per heavy atom. The lowest BCUT2D eigenvalue weighted by Crippen LogP contribution is -2.14. The molecule has 0 aliphatic carbocycles. The van der Waals surface area contributed by atoms with Gasteiger partial charge < -0.3 is 9.69 Å². The molecule has 2 heterocycles. The molecule has 0 radical (unpaired) electrons. The van der Waals surface area contributed by atoms with E-state index in [0.29, 0.717) is 18.8 Å². The average Bonchev–Trinajstić information content (AvgIpc) is 2.74. The third-order valence-corrected chi connectivity index (χ3v) is 3.24. The van der Waals surface area contributed by atoms with Crippen LogP contribution in [0.4, 0.5) is 0 Å². The summed E-state index contributed by atoms with van der Waals surface area (Å²) in [6.07, 6.45) is 4.18. The highest BCUT2D eigenvalue weighted by Crippen LogP contribution is 2.24. The molecule has 0 amide bonds. The zero-order valence-electron chi connectivity index (χ0n) is 10.5. The molecule has 1 aromatic heterocycles. The van der Waals surface area contributed by atoms with Crippen LogP contribution in [0.5, 0.6) is 0 Å². The van der Waals surface area contributed by atoms with E-state index in [2.05, 4.69) is 21.9 Å². The number of ketones is 1. The molecule has 0 bridgehead atoms. The zero-order chi connectivity index (χ0) is 12.3. The predicted octanol–water partition coefficient (Wildman–Crippen LogP) is 1.42. The van der Waals surface area contributed by atoms with Crippen molar-refractivity contribution in [3.8, 4) is 0 Å². The molecule has 1 aliphatic heterocycles. The van der Waals surface area contributed by atoms with Gasteiger partial charge in [0, 0.05) is 37.2 Å². The molecule has 0 N–H and O–H groups in total. The van der Waals surface area contributed by atoms with E-state index >= 15 is 0 Å². The van der Waals surface area contributed by atoms with Crippen LogP contribution in [0.1, 0.15) is 37.2 Å². The van der Waals surface area contributed by atoms with Gasteiger partial charge in [0.1, 0.15) is 11.6 Å². The Hall–Kier alpha value is -1.29. The molecule has 0 aromatic carbocycles. The van der Waals surface area contributed by atoms with E-state index in [1.165, 1.54) is 6.42 Å². The molecule has 1 atom stereocenters. The van der Waals surface area contributed by atoms with E-state index < -0.39 is 0 Å². The van der Waals surface area contributed by atoms with Crippen molar-refractivity contribution in [2.75, 3.05) is 20.1 Å². The lowest BCUT2D eigenvalue weighted by atomic mass is 10.0. The first-order valence-corrected chi connectivity index (χ1v) is 6.15. The first kappa shape index (κ1) is 12.2. The Kier molecular flexibility index (Phi) is 3.84. The number of carbonyl (C=O) groups excluding carboxylic acids is 1. The monoisotopic (exact) mass is 233 g/mol. The van der Waals surface area contributed by atoms with E-state index in [0.717, 1.165) is 24.6 Å². The molecule has 1 fully saturated rings. The van der Waals surface area contributed by atoms with Crippen molar-refractivity contribution in [3.05, 3.63) is 23.8 Å². The van der Waals surface area contributed by atoms with Crippen LogP contribution in [0.25, 0.3) is 0 Å². The van der Waals surface area contributed by atoms with Crippen molar-refractivity contribution in [3.63, 3.8) is 0 Å². The number of nitrogens with zero attached hydrogens (tertiary/aromatic N) is 3. The average molecular weight is 233 g/mol. The van der Waals surface area contributed by atoms with Crippen LogP contribution in [0.3, 0.4) is 0 Å². The quantitative estimate of drug-likeness (QED) is 0.789. The summed E-state index contributed by atoms with van der Waals surface area (Å²) in [6.45, 7) is 3.82. The number of Topliss-reactive ketones (excluding diaryl/α,β-unsaturated/α-hetero) is 1. The lowest BCUT2D eigenvalue weighted by molar-refractivity contribution is -0.117.